The number of hydrogen-bond acceptors (Lipinski definition) is 3. The second-order valence-corrected chi connectivity index (χ2v) is 2.23. The Morgan fingerprint density at radius 2 is 2.56 bits per heavy atom. The van der Waals surface area contributed by atoms with Crippen LogP contribution in [0.4, 0.5) is 0 Å². The first-order valence-corrected chi connectivity index (χ1v) is 2.87. The summed E-state index contributed by atoms with van der Waals surface area (Å²) < 4.78 is 0. The maximum Gasteiger partial charge on any atom is 0.268 e. The summed E-state index contributed by atoms with van der Waals surface area (Å²) in [5.74, 6) is 0. The predicted octanol–water partition coefficient (Wildman–Crippen LogP) is 0.129. The lowest BCUT2D eigenvalue weighted by atomic mass is 10.3. The Kier molecular flexibility index (Phi) is 1.66. The molecule has 0 N–H and O–H groups in total. The highest BCUT2D eigenvalue weighted by atomic mass is 16.6. The Labute approximate surface area is 53.6 Å². The molecule has 9 heavy (non-hydrogen) atoms. The van der Waals surface area contributed by atoms with Gasteiger partial charge in [-0.3, -0.25) is 10.1 Å². The van der Waals surface area contributed by atoms with Gasteiger partial charge in [-0.2, -0.15) is 0 Å². The van der Waals surface area contributed by atoms with Crippen molar-refractivity contribution in [3.8, 4) is 0 Å². The lowest BCUT2D eigenvalue weighted by Crippen LogP contribution is -2.31. The van der Waals surface area contributed by atoms with Gasteiger partial charge in [0.1, 0.15) is 0 Å². The molecule has 0 aliphatic carbocycles. The molecule has 1 radical (unpaired) electrons. The van der Waals surface area contributed by atoms with Crippen LogP contribution in [0.2, 0.25) is 0 Å². The maximum absolute atomic E-state index is 10.2. The van der Waals surface area contributed by atoms with Crippen LogP contribution in [0.5, 0.6) is 0 Å². The Balaban J connectivity index is 2.49. The second kappa shape index (κ2) is 2.31. The molecule has 1 rings (SSSR count). The van der Waals surface area contributed by atoms with Crippen molar-refractivity contribution in [2.75, 3.05) is 13.6 Å². The Morgan fingerprint density at radius 3 is 2.78 bits per heavy atom. The fraction of sp³-hybridized carbons (Fsp3) is 0.800. The van der Waals surface area contributed by atoms with E-state index in [1.807, 2.05) is 6.42 Å². The van der Waals surface area contributed by atoms with Gasteiger partial charge >= 0.3 is 0 Å². The third-order valence-corrected chi connectivity index (χ3v) is 1.55. The van der Waals surface area contributed by atoms with Gasteiger partial charge in [-0.1, -0.05) is 0 Å². The molecule has 1 saturated heterocycles. The van der Waals surface area contributed by atoms with Crippen LogP contribution in [-0.2, 0) is 0 Å². The van der Waals surface area contributed by atoms with Gasteiger partial charge in [0.05, 0.1) is 0 Å². The first kappa shape index (κ1) is 6.48. The van der Waals surface area contributed by atoms with Crippen molar-refractivity contribution in [2.24, 2.45) is 0 Å². The molecule has 51 valence electrons. The molecule has 1 aliphatic heterocycles. The van der Waals surface area contributed by atoms with Gasteiger partial charge in [0, 0.05) is 17.9 Å². The van der Waals surface area contributed by atoms with E-state index in [0.29, 0.717) is 6.42 Å². The zero-order valence-corrected chi connectivity index (χ0v) is 5.28. The van der Waals surface area contributed by atoms with Gasteiger partial charge in [-0.15, -0.1) is 0 Å². The van der Waals surface area contributed by atoms with E-state index in [-0.39, 0.29) is 4.92 Å². The van der Waals surface area contributed by atoms with Crippen LogP contribution in [0.25, 0.3) is 0 Å². The monoisotopic (exact) mass is 129 g/mol. The standard InChI is InChI=1S/C5H9N2O2/c1-6-4-2-3-5(6)7(8)9/h2,5H,3-4H2,1H3. The van der Waals surface area contributed by atoms with Crippen LogP contribution in [-0.4, -0.2) is 29.6 Å². The average molecular weight is 129 g/mol. The van der Waals surface area contributed by atoms with E-state index in [1.54, 1.807) is 11.9 Å². The SMILES string of the molecule is CN1C[CH]CC1[N+](=O)[O-]. The van der Waals surface area contributed by atoms with E-state index in [9.17, 15) is 10.1 Å². The van der Waals surface area contributed by atoms with Gasteiger partial charge < -0.3 is 0 Å². The topological polar surface area (TPSA) is 46.4 Å². The molecule has 0 bridgehead atoms. The summed E-state index contributed by atoms with van der Waals surface area (Å²) in [5.41, 5.74) is 0. The minimum atomic E-state index is -0.468. The fourth-order valence-electron chi connectivity index (χ4n) is 0.976. The zero-order valence-electron chi connectivity index (χ0n) is 5.28. The molecule has 1 atom stereocenters. The number of nitrogens with zero attached hydrogens (tertiary/aromatic N) is 2. The highest BCUT2D eigenvalue weighted by molar-refractivity contribution is 4.81. The van der Waals surface area contributed by atoms with Crippen molar-refractivity contribution in [1.82, 2.24) is 4.90 Å². The third-order valence-electron chi connectivity index (χ3n) is 1.55. The number of hydrogen-bond donors (Lipinski definition) is 0. The van der Waals surface area contributed by atoms with E-state index in [2.05, 4.69) is 0 Å². The Morgan fingerprint density at radius 1 is 1.89 bits per heavy atom. The maximum atomic E-state index is 10.2. The highest BCUT2D eigenvalue weighted by Gasteiger charge is 2.30. The summed E-state index contributed by atoms with van der Waals surface area (Å²) in [6, 6.07) is 0. The molecule has 1 fully saturated rings. The molecule has 4 nitrogen and oxygen atoms in total. The van der Waals surface area contributed by atoms with Gasteiger partial charge in [0.2, 0.25) is 0 Å². The van der Waals surface area contributed by atoms with Crippen LogP contribution < -0.4 is 0 Å². The molecule has 1 heterocycles. The van der Waals surface area contributed by atoms with E-state index in [1.165, 1.54) is 0 Å². The molecular formula is C5H9N2O2. The van der Waals surface area contributed by atoms with Crippen molar-refractivity contribution >= 4 is 0 Å². The van der Waals surface area contributed by atoms with Crippen LogP contribution in [0.3, 0.4) is 0 Å². The number of nitro groups is 1. The lowest BCUT2D eigenvalue weighted by Gasteiger charge is -2.09. The zero-order chi connectivity index (χ0) is 6.85. The fourth-order valence-corrected chi connectivity index (χ4v) is 0.976. The van der Waals surface area contributed by atoms with Crippen LogP contribution in [0.15, 0.2) is 0 Å². The molecular weight excluding hydrogens is 120 g/mol. The molecule has 0 spiro atoms. The van der Waals surface area contributed by atoms with Gasteiger partial charge in [0.15, 0.2) is 0 Å². The Bertz CT molecular complexity index is 126. The van der Waals surface area contributed by atoms with Crippen LogP contribution in [0, 0.1) is 16.5 Å². The molecule has 0 aromatic rings. The van der Waals surface area contributed by atoms with Crippen molar-refractivity contribution in [3.63, 3.8) is 0 Å². The summed E-state index contributed by atoms with van der Waals surface area (Å²) in [4.78, 5) is 11.6. The third kappa shape index (κ3) is 1.18. The van der Waals surface area contributed by atoms with Crippen LogP contribution >= 0.6 is 0 Å². The number of likely N-dealkylation sites (tertiary alicyclic amines) is 1. The minimum absolute atomic E-state index is 0.247. The van der Waals surface area contributed by atoms with Gasteiger partial charge in [0.25, 0.3) is 6.17 Å². The smallest absolute Gasteiger partial charge is 0.263 e. The summed E-state index contributed by atoms with van der Waals surface area (Å²) in [6.45, 7) is 0.742. The van der Waals surface area contributed by atoms with Gasteiger partial charge in [-0.25, -0.2) is 4.90 Å². The quantitative estimate of drug-likeness (QED) is 0.373. The molecule has 0 aromatic heterocycles. The molecule has 4 heteroatoms. The first-order chi connectivity index (χ1) is 4.22. The molecule has 0 saturated carbocycles. The van der Waals surface area contributed by atoms with Crippen LogP contribution in [0.1, 0.15) is 6.42 Å². The highest BCUT2D eigenvalue weighted by Crippen LogP contribution is 2.13. The molecule has 0 amide bonds. The van der Waals surface area contributed by atoms with Crippen molar-refractivity contribution < 1.29 is 4.92 Å². The summed E-state index contributed by atoms with van der Waals surface area (Å²) >= 11 is 0. The van der Waals surface area contributed by atoms with E-state index >= 15 is 0 Å². The van der Waals surface area contributed by atoms with Gasteiger partial charge in [-0.05, 0) is 13.5 Å². The average Bonchev–Trinajstić information content (AvgIpc) is 2.13. The predicted molar refractivity (Wildman–Crippen MR) is 32.3 cm³/mol. The summed E-state index contributed by atoms with van der Waals surface area (Å²) in [6.07, 6.45) is 2.04. The lowest BCUT2D eigenvalue weighted by molar-refractivity contribution is -0.543. The van der Waals surface area contributed by atoms with E-state index < -0.39 is 6.17 Å². The Hall–Kier alpha value is -0.640. The molecule has 1 unspecified atom stereocenters. The number of rotatable bonds is 1. The first-order valence-electron chi connectivity index (χ1n) is 2.87. The van der Waals surface area contributed by atoms with Crippen molar-refractivity contribution in [1.29, 1.82) is 0 Å². The van der Waals surface area contributed by atoms with E-state index in [0.717, 1.165) is 6.54 Å². The minimum Gasteiger partial charge on any atom is -0.263 e. The normalized spacial score (nSPS) is 28.8. The molecule has 0 aromatic carbocycles. The molecule has 1 aliphatic rings. The largest absolute Gasteiger partial charge is 0.268 e. The van der Waals surface area contributed by atoms with Crippen molar-refractivity contribution in [2.45, 2.75) is 12.6 Å². The van der Waals surface area contributed by atoms with E-state index in [4.69, 9.17) is 0 Å². The summed E-state index contributed by atoms with van der Waals surface area (Å²) in [5, 5.41) is 10.2. The second-order valence-electron chi connectivity index (χ2n) is 2.23. The summed E-state index contributed by atoms with van der Waals surface area (Å²) in [7, 11) is 1.76. The van der Waals surface area contributed by atoms with Crippen molar-refractivity contribution in [3.05, 3.63) is 16.5 Å².